The second-order valence-electron chi connectivity index (χ2n) is 2.54. The molecule has 2 nitrogen and oxygen atoms in total. The van der Waals surface area contributed by atoms with Gasteiger partial charge in [-0.05, 0) is 12.2 Å². The molecule has 0 spiro atoms. The fraction of sp³-hybridized carbons (Fsp3) is 0.100. The van der Waals surface area contributed by atoms with Crippen LogP contribution in [0.15, 0.2) is 29.8 Å². The lowest BCUT2D eigenvalue weighted by atomic mass is 10.3. The minimum absolute atomic E-state index is 0.103. The van der Waals surface area contributed by atoms with Crippen molar-refractivity contribution in [1.29, 1.82) is 0 Å². The number of halogens is 2. The lowest BCUT2D eigenvalue weighted by Crippen LogP contribution is -1.96. The smallest absolute Gasteiger partial charge is 0.167 e. The molecule has 0 unspecified atom stereocenters. The summed E-state index contributed by atoms with van der Waals surface area (Å²) in [7, 11) is 0. The van der Waals surface area contributed by atoms with Gasteiger partial charge in [0.05, 0.1) is 5.16 Å². The van der Waals surface area contributed by atoms with Crippen molar-refractivity contribution in [2.75, 3.05) is 6.61 Å². The van der Waals surface area contributed by atoms with E-state index in [1.165, 1.54) is 6.08 Å². The Balaban J connectivity index is 3.07. The number of rotatable bonds is 4. The zero-order chi connectivity index (χ0) is 11.3. The molecule has 5 heteroatoms. The Hall–Kier alpha value is -1.58. The van der Waals surface area contributed by atoms with E-state index in [4.69, 9.17) is 4.74 Å². The highest BCUT2D eigenvalue weighted by Crippen LogP contribution is 2.26. The Kier molecular flexibility index (Phi) is 4.09. The Morgan fingerprint density at radius 2 is 2.20 bits per heavy atom. The van der Waals surface area contributed by atoms with Gasteiger partial charge in [-0.3, -0.25) is 0 Å². The van der Waals surface area contributed by atoms with Crippen LogP contribution in [0.25, 0.3) is 0 Å². The first-order valence-corrected chi connectivity index (χ1v) is 4.40. The average Bonchev–Trinajstić information content (AvgIpc) is 2.21. The van der Waals surface area contributed by atoms with Gasteiger partial charge in [-0.25, -0.2) is 8.78 Å². The number of thiocarbonyl (C=S) groups is 1. The predicted octanol–water partition coefficient (Wildman–Crippen LogP) is 3.26. The van der Waals surface area contributed by atoms with Gasteiger partial charge in [-0.1, -0.05) is 12.7 Å². The summed E-state index contributed by atoms with van der Waals surface area (Å²) in [5, 5.41) is 1.96. The third kappa shape index (κ3) is 2.94. The normalized spacial score (nSPS) is 9.20. The van der Waals surface area contributed by atoms with E-state index in [9.17, 15) is 8.78 Å². The molecule has 0 atom stereocenters. The van der Waals surface area contributed by atoms with Crippen molar-refractivity contribution in [3.8, 4) is 5.75 Å². The SMILES string of the molecule is C=CCOc1cc(F)c(N=C=S)cc1F. The number of benzene rings is 1. The second kappa shape index (κ2) is 5.34. The Labute approximate surface area is 90.9 Å². The molecule has 0 aliphatic heterocycles. The largest absolute Gasteiger partial charge is 0.486 e. The van der Waals surface area contributed by atoms with Crippen molar-refractivity contribution in [3.63, 3.8) is 0 Å². The summed E-state index contributed by atoms with van der Waals surface area (Å²) in [5.74, 6) is -1.61. The fourth-order valence-corrected chi connectivity index (χ4v) is 1.01. The van der Waals surface area contributed by atoms with E-state index in [-0.39, 0.29) is 18.0 Å². The van der Waals surface area contributed by atoms with Gasteiger partial charge in [-0.2, -0.15) is 4.99 Å². The van der Waals surface area contributed by atoms with Crippen LogP contribution >= 0.6 is 12.2 Å². The number of hydrogen-bond donors (Lipinski definition) is 0. The van der Waals surface area contributed by atoms with Crippen LogP contribution in [-0.2, 0) is 0 Å². The molecular weight excluding hydrogens is 220 g/mol. The molecule has 0 bridgehead atoms. The molecule has 0 amide bonds. The third-order valence-corrected chi connectivity index (χ3v) is 1.62. The zero-order valence-corrected chi connectivity index (χ0v) is 8.48. The van der Waals surface area contributed by atoms with Gasteiger partial charge in [0.2, 0.25) is 0 Å². The summed E-state index contributed by atoms with van der Waals surface area (Å²) in [6.07, 6.45) is 1.43. The average molecular weight is 227 g/mol. The quantitative estimate of drug-likeness (QED) is 0.447. The van der Waals surface area contributed by atoms with E-state index in [0.29, 0.717) is 0 Å². The number of ether oxygens (including phenoxy) is 1. The topological polar surface area (TPSA) is 21.6 Å². The van der Waals surface area contributed by atoms with Crippen LogP contribution in [0.5, 0.6) is 5.75 Å². The first-order chi connectivity index (χ1) is 7.19. The molecule has 1 aromatic carbocycles. The minimum atomic E-state index is -0.715. The summed E-state index contributed by atoms with van der Waals surface area (Å²) in [6.45, 7) is 3.49. The van der Waals surface area contributed by atoms with Crippen molar-refractivity contribution < 1.29 is 13.5 Å². The van der Waals surface area contributed by atoms with Gasteiger partial charge in [0, 0.05) is 12.1 Å². The number of nitrogens with zero attached hydrogens (tertiary/aromatic N) is 1. The summed E-state index contributed by atoms with van der Waals surface area (Å²) in [5.41, 5.74) is -0.201. The van der Waals surface area contributed by atoms with Crippen LogP contribution < -0.4 is 4.74 Å². The van der Waals surface area contributed by atoms with Gasteiger partial charge in [0.25, 0.3) is 0 Å². The molecule has 0 saturated carbocycles. The molecule has 15 heavy (non-hydrogen) atoms. The van der Waals surface area contributed by atoms with E-state index >= 15 is 0 Å². The molecule has 0 N–H and O–H groups in total. The molecule has 0 fully saturated rings. The lowest BCUT2D eigenvalue weighted by molar-refractivity contribution is 0.339. The lowest BCUT2D eigenvalue weighted by Gasteiger charge is -2.05. The third-order valence-electron chi connectivity index (χ3n) is 1.52. The van der Waals surface area contributed by atoms with Crippen LogP contribution in [0, 0.1) is 11.6 Å². The van der Waals surface area contributed by atoms with E-state index < -0.39 is 11.6 Å². The molecule has 0 aliphatic rings. The number of aliphatic imine (C=N–C) groups is 1. The highest BCUT2D eigenvalue weighted by atomic mass is 32.1. The molecule has 0 aliphatic carbocycles. The summed E-state index contributed by atoms with van der Waals surface area (Å²) in [4.78, 5) is 3.36. The van der Waals surface area contributed by atoms with Crippen molar-refractivity contribution >= 4 is 23.1 Å². The van der Waals surface area contributed by atoms with E-state index in [0.717, 1.165) is 12.1 Å². The first kappa shape index (κ1) is 11.5. The zero-order valence-electron chi connectivity index (χ0n) is 7.67. The predicted molar refractivity (Wildman–Crippen MR) is 56.7 cm³/mol. The number of isothiocyanates is 1. The van der Waals surface area contributed by atoms with Gasteiger partial charge in [0.15, 0.2) is 17.4 Å². The van der Waals surface area contributed by atoms with Crippen molar-refractivity contribution in [1.82, 2.24) is 0 Å². The molecule has 0 heterocycles. The van der Waals surface area contributed by atoms with E-state index in [2.05, 4.69) is 23.8 Å². The van der Waals surface area contributed by atoms with Gasteiger partial charge < -0.3 is 4.74 Å². The number of hydrogen-bond acceptors (Lipinski definition) is 3. The molecule has 1 aromatic rings. The van der Waals surface area contributed by atoms with Gasteiger partial charge in [-0.15, -0.1) is 0 Å². The van der Waals surface area contributed by atoms with Gasteiger partial charge in [0.1, 0.15) is 12.3 Å². The standard InChI is InChI=1S/C10H7F2NOS/c1-2-3-14-10-5-7(11)9(13-6-15)4-8(10)12/h2,4-5H,1,3H2. The molecular formula is C10H7F2NOS. The fourth-order valence-electron chi connectivity index (χ4n) is 0.912. The maximum atomic E-state index is 13.2. The van der Waals surface area contributed by atoms with E-state index in [1.807, 2.05) is 5.16 Å². The van der Waals surface area contributed by atoms with Crippen molar-refractivity contribution in [3.05, 3.63) is 36.4 Å². The summed E-state index contributed by atoms with van der Waals surface area (Å²) >= 11 is 4.29. The molecule has 1 rings (SSSR count). The Bertz CT molecular complexity index is 428. The maximum Gasteiger partial charge on any atom is 0.167 e. The highest BCUT2D eigenvalue weighted by Gasteiger charge is 2.09. The molecule has 0 aromatic heterocycles. The van der Waals surface area contributed by atoms with Crippen LogP contribution in [0.3, 0.4) is 0 Å². The van der Waals surface area contributed by atoms with E-state index in [1.54, 1.807) is 0 Å². The second-order valence-corrected chi connectivity index (χ2v) is 2.72. The van der Waals surface area contributed by atoms with Crippen LogP contribution in [0.4, 0.5) is 14.5 Å². The highest BCUT2D eigenvalue weighted by molar-refractivity contribution is 7.78. The van der Waals surface area contributed by atoms with Crippen molar-refractivity contribution in [2.45, 2.75) is 0 Å². The molecule has 0 radical (unpaired) electrons. The van der Waals surface area contributed by atoms with Crippen molar-refractivity contribution in [2.24, 2.45) is 4.99 Å². The summed E-state index contributed by atoms with van der Waals surface area (Å²) < 4.78 is 31.3. The molecule has 0 saturated heterocycles. The summed E-state index contributed by atoms with van der Waals surface area (Å²) in [6, 6.07) is 1.80. The van der Waals surface area contributed by atoms with Crippen LogP contribution in [0.2, 0.25) is 0 Å². The van der Waals surface area contributed by atoms with Crippen LogP contribution in [0.1, 0.15) is 0 Å². The van der Waals surface area contributed by atoms with Gasteiger partial charge >= 0.3 is 0 Å². The first-order valence-electron chi connectivity index (χ1n) is 3.99. The van der Waals surface area contributed by atoms with Crippen LogP contribution in [-0.4, -0.2) is 11.8 Å². The maximum absolute atomic E-state index is 13.2. The Morgan fingerprint density at radius 1 is 1.47 bits per heavy atom. The minimum Gasteiger partial charge on any atom is -0.486 e. The molecule has 78 valence electrons. The Morgan fingerprint density at radius 3 is 2.80 bits per heavy atom. The monoisotopic (exact) mass is 227 g/mol.